The Kier molecular flexibility index (Phi) is 4.67. The molecule has 0 unspecified atom stereocenters. The molecule has 0 amide bonds. The van der Waals surface area contributed by atoms with Crippen LogP contribution in [0.5, 0.6) is 0 Å². The lowest BCUT2D eigenvalue weighted by atomic mass is 10.0. The summed E-state index contributed by atoms with van der Waals surface area (Å²) in [7, 11) is 0. The van der Waals surface area contributed by atoms with E-state index < -0.39 is 0 Å². The number of fused-ring (bicyclic) bond motifs is 1. The SMILES string of the molecule is O[B]O.c1ccc(-c2cccc3ncccc23)cc1. The van der Waals surface area contributed by atoms with Gasteiger partial charge in [-0.05, 0) is 23.3 Å². The molecule has 0 fully saturated rings. The number of hydrogen-bond acceptors (Lipinski definition) is 3. The van der Waals surface area contributed by atoms with Gasteiger partial charge >= 0.3 is 7.69 Å². The maximum absolute atomic E-state index is 7.00. The Bertz CT molecular complexity index is 638. The van der Waals surface area contributed by atoms with Crippen LogP contribution < -0.4 is 0 Å². The second kappa shape index (κ2) is 6.68. The average molecular weight is 250 g/mol. The zero-order valence-electron chi connectivity index (χ0n) is 10.3. The van der Waals surface area contributed by atoms with Crippen molar-refractivity contribution in [2.24, 2.45) is 0 Å². The first-order valence-corrected chi connectivity index (χ1v) is 5.86. The molecule has 2 aromatic carbocycles. The van der Waals surface area contributed by atoms with Gasteiger partial charge in [0.25, 0.3) is 0 Å². The summed E-state index contributed by atoms with van der Waals surface area (Å²) in [5.41, 5.74) is 3.52. The molecular weight excluding hydrogens is 237 g/mol. The maximum Gasteiger partial charge on any atom is 0.482 e. The third kappa shape index (κ3) is 3.19. The predicted octanol–water partition coefficient (Wildman–Crippen LogP) is 2.41. The third-order valence-electron chi connectivity index (χ3n) is 2.73. The van der Waals surface area contributed by atoms with Crippen LogP contribution in [0.2, 0.25) is 0 Å². The fraction of sp³-hybridized carbons (Fsp3) is 0. The molecule has 0 aliphatic rings. The molecule has 0 atom stereocenters. The minimum Gasteiger partial charge on any atom is -0.429 e. The molecule has 0 aliphatic carbocycles. The highest BCUT2D eigenvalue weighted by molar-refractivity contribution is 6.13. The fourth-order valence-electron chi connectivity index (χ4n) is 1.97. The van der Waals surface area contributed by atoms with Crippen molar-refractivity contribution in [1.82, 2.24) is 4.98 Å². The molecule has 0 bridgehead atoms. The van der Waals surface area contributed by atoms with E-state index in [0.717, 1.165) is 5.52 Å². The van der Waals surface area contributed by atoms with Crippen molar-refractivity contribution < 1.29 is 10.0 Å². The Balaban J connectivity index is 0.000000408. The number of nitrogens with zero attached hydrogens (tertiary/aromatic N) is 1. The van der Waals surface area contributed by atoms with Crippen molar-refractivity contribution >= 4 is 18.6 Å². The number of benzene rings is 2. The van der Waals surface area contributed by atoms with Crippen molar-refractivity contribution in [1.29, 1.82) is 0 Å². The summed E-state index contributed by atoms with van der Waals surface area (Å²) >= 11 is 0. The van der Waals surface area contributed by atoms with Gasteiger partial charge in [-0.1, -0.05) is 48.5 Å². The van der Waals surface area contributed by atoms with E-state index in [9.17, 15) is 0 Å². The van der Waals surface area contributed by atoms with Crippen molar-refractivity contribution in [3.63, 3.8) is 0 Å². The second-order valence-corrected chi connectivity index (χ2v) is 3.86. The minimum absolute atomic E-state index is 0. The smallest absolute Gasteiger partial charge is 0.429 e. The van der Waals surface area contributed by atoms with Crippen LogP contribution in [0.3, 0.4) is 0 Å². The standard InChI is InChI=1S/C15H11N.BH2O2/c1-2-6-12(7-3-1)13-8-4-10-15-14(13)9-5-11-16-15;2-1-3/h1-11H;2-3H. The summed E-state index contributed by atoms with van der Waals surface area (Å²) in [5.74, 6) is 0. The van der Waals surface area contributed by atoms with Gasteiger partial charge in [0, 0.05) is 11.6 Å². The van der Waals surface area contributed by atoms with E-state index >= 15 is 0 Å². The Morgan fingerprint density at radius 1 is 0.789 bits per heavy atom. The summed E-state index contributed by atoms with van der Waals surface area (Å²) < 4.78 is 0. The van der Waals surface area contributed by atoms with Gasteiger partial charge in [0.15, 0.2) is 0 Å². The molecule has 3 nitrogen and oxygen atoms in total. The van der Waals surface area contributed by atoms with Crippen molar-refractivity contribution in [2.75, 3.05) is 0 Å². The molecule has 1 aromatic heterocycles. The van der Waals surface area contributed by atoms with E-state index in [1.165, 1.54) is 16.5 Å². The largest absolute Gasteiger partial charge is 0.482 e. The highest BCUT2D eigenvalue weighted by Gasteiger charge is 2.02. The van der Waals surface area contributed by atoms with Gasteiger partial charge in [-0.2, -0.15) is 0 Å². The monoisotopic (exact) mass is 250 g/mol. The lowest BCUT2D eigenvalue weighted by Gasteiger charge is -2.05. The molecule has 19 heavy (non-hydrogen) atoms. The Morgan fingerprint density at radius 3 is 2.26 bits per heavy atom. The highest BCUT2D eigenvalue weighted by Crippen LogP contribution is 2.26. The van der Waals surface area contributed by atoms with Gasteiger partial charge in [0.05, 0.1) is 5.52 Å². The van der Waals surface area contributed by atoms with Gasteiger partial charge in [0.2, 0.25) is 0 Å². The molecule has 3 aromatic rings. The first kappa shape index (κ1) is 13.3. The molecule has 93 valence electrons. The van der Waals surface area contributed by atoms with Crippen molar-refractivity contribution in [2.45, 2.75) is 0 Å². The molecule has 1 heterocycles. The number of pyridine rings is 1. The lowest BCUT2D eigenvalue weighted by molar-refractivity contribution is 0.448. The number of hydrogen-bond donors (Lipinski definition) is 2. The summed E-state index contributed by atoms with van der Waals surface area (Å²) in [6.07, 6.45) is 1.83. The summed E-state index contributed by atoms with van der Waals surface area (Å²) in [4.78, 5) is 4.37. The summed E-state index contributed by atoms with van der Waals surface area (Å²) in [6, 6.07) is 20.7. The zero-order chi connectivity index (χ0) is 13.5. The minimum atomic E-state index is 0. The Hall–Kier alpha value is -2.17. The van der Waals surface area contributed by atoms with Crippen LogP contribution in [0.1, 0.15) is 0 Å². The third-order valence-corrected chi connectivity index (χ3v) is 2.73. The predicted molar refractivity (Wildman–Crippen MR) is 77.4 cm³/mol. The van der Waals surface area contributed by atoms with Crippen molar-refractivity contribution in [3.8, 4) is 11.1 Å². The number of aromatic nitrogens is 1. The first-order valence-electron chi connectivity index (χ1n) is 5.86. The quantitative estimate of drug-likeness (QED) is 0.652. The average Bonchev–Trinajstić information content (AvgIpc) is 2.48. The van der Waals surface area contributed by atoms with Crippen LogP contribution in [-0.2, 0) is 0 Å². The van der Waals surface area contributed by atoms with Crippen LogP contribution in [0.15, 0.2) is 66.9 Å². The molecule has 0 saturated carbocycles. The van der Waals surface area contributed by atoms with E-state index in [4.69, 9.17) is 10.0 Å². The van der Waals surface area contributed by atoms with Crippen LogP contribution in [0.25, 0.3) is 22.0 Å². The van der Waals surface area contributed by atoms with E-state index in [-0.39, 0.29) is 7.69 Å². The topological polar surface area (TPSA) is 53.4 Å². The normalized spacial score (nSPS) is 9.58. The molecule has 3 rings (SSSR count). The van der Waals surface area contributed by atoms with Crippen LogP contribution in [-0.4, -0.2) is 22.7 Å². The molecular formula is C15H13BNO2. The van der Waals surface area contributed by atoms with E-state index in [1.807, 2.05) is 24.4 Å². The van der Waals surface area contributed by atoms with Gasteiger partial charge in [-0.3, -0.25) is 4.98 Å². The first-order chi connectivity index (χ1) is 9.36. The van der Waals surface area contributed by atoms with E-state index in [1.54, 1.807) is 0 Å². The molecule has 2 N–H and O–H groups in total. The summed E-state index contributed by atoms with van der Waals surface area (Å²) in [5, 5.41) is 15.2. The lowest BCUT2D eigenvalue weighted by Crippen LogP contribution is -1.82. The highest BCUT2D eigenvalue weighted by atomic mass is 16.4. The van der Waals surface area contributed by atoms with Crippen LogP contribution in [0, 0.1) is 0 Å². The molecule has 0 aliphatic heterocycles. The molecule has 1 radical (unpaired) electrons. The fourth-order valence-corrected chi connectivity index (χ4v) is 1.97. The van der Waals surface area contributed by atoms with Gasteiger partial charge in [0.1, 0.15) is 0 Å². The van der Waals surface area contributed by atoms with E-state index in [2.05, 4.69) is 47.4 Å². The van der Waals surface area contributed by atoms with Gasteiger partial charge in [-0.15, -0.1) is 0 Å². The zero-order valence-corrected chi connectivity index (χ0v) is 10.3. The summed E-state index contributed by atoms with van der Waals surface area (Å²) in [6.45, 7) is 0. The van der Waals surface area contributed by atoms with Crippen LogP contribution in [0.4, 0.5) is 0 Å². The van der Waals surface area contributed by atoms with Gasteiger partial charge < -0.3 is 10.0 Å². The Labute approximate surface area is 112 Å². The van der Waals surface area contributed by atoms with E-state index in [0.29, 0.717) is 0 Å². The van der Waals surface area contributed by atoms with Crippen molar-refractivity contribution in [3.05, 3.63) is 66.9 Å². The number of rotatable bonds is 1. The van der Waals surface area contributed by atoms with Gasteiger partial charge in [-0.25, -0.2) is 0 Å². The molecule has 4 heteroatoms. The Morgan fingerprint density at radius 2 is 1.53 bits per heavy atom. The second-order valence-electron chi connectivity index (χ2n) is 3.86. The molecule has 0 spiro atoms. The van der Waals surface area contributed by atoms with Crippen LogP contribution >= 0.6 is 0 Å². The molecule has 0 saturated heterocycles. The maximum atomic E-state index is 7.00.